The van der Waals surface area contributed by atoms with Crippen LogP contribution in [0.25, 0.3) is 11.1 Å². The maximum atomic E-state index is 12.4. The zero-order valence-corrected chi connectivity index (χ0v) is 12.7. The molecule has 1 aromatic carbocycles. The number of carbonyl (C=O) groups excluding carboxylic acids is 1. The van der Waals surface area contributed by atoms with E-state index >= 15 is 0 Å². The summed E-state index contributed by atoms with van der Waals surface area (Å²) in [5.74, 6) is 0.254. The fourth-order valence-corrected chi connectivity index (χ4v) is 2.36. The molecule has 2 aromatic rings. The molecule has 0 bridgehead atoms. The number of aromatic nitrogens is 2. The third kappa shape index (κ3) is 2.86. The number of H-pyrrole nitrogens is 1. The molecule has 2 heterocycles. The van der Waals surface area contributed by atoms with Crippen molar-refractivity contribution in [3.8, 4) is 11.1 Å². The van der Waals surface area contributed by atoms with Crippen molar-refractivity contribution in [3.63, 3.8) is 0 Å². The molecule has 0 spiro atoms. The molecule has 3 rings (SSSR count). The van der Waals surface area contributed by atoms with Gasteiger partial charge in [0.05, 0.1) is 12.7 Å². The van der Waals surface area contributed by atoms with Crippen molar-refractivity contribution in [2.75, 3.05) is 6.54 Å². The number of hydrazone groups is 1. The lowest BCUT2D eigenvalue weighted by atomic mass is 9.96. The lowest BCUT2D eigenvalue weighted by molar-refractivity contribution is -0.114. The minimum absolute atomic E-state index is 0.147. The molecule has 1 amide bonds. The number of hydrogen-bond donors (Lipinski definition) is 3. The third-order valence-corrected chi connectivity index (χ3v) is 3.54. The Bertz CT molecular complexity index is 703. The highest BCUT2D eigenvalue weighted by atomic mass is 16.1. The molecule has 0 unspecified atom stereocenters. The summed E-state index contributed by atoms with van der Waals surface area (Å²) >= 11 is 0. The first-order chi connectivity index (χ1) is 10.6. The Kier molecular flexibility index (Phi) is 3.91. The molecule has 6 heteroatoms. The zero-order valence-electron chi connectivity index (χ0n) is 12.7. The van der Waals surface area contributed by atoms with Gasteiger partial charge in [-0.1, -0.05) is 26.0 Å². The van der Waals surface area contributed by atoms with E-state index in [4.69, 9.17) is 0 Å². The molecule has 0 radical (unpaired) electrons. The fourth-order valence-electron chi connectivity index (χ4n) is 2.36. The summed E-state index contributed by atoms with van der Waals surface area (Å²) in [6.07, 6.45) is 3.59. The molecule has 0 fully saturated rings. The van der Waals surface area contributed by atoms with E-state index in [0.717, 1.165) is 22.3 Å². The Morgan fingerprint density at radius 3 is 2.95 bits per heavy atom. The smallest absolute Gasteiger partial charge is 0.272 e. The molecule has 1 aliphatic heterocycles. The average molecular weight is 297 g/mol. The van der Waals surface area contributed by atoms with Crippen molar-refractivity contribution < 1.29 is 4.79 Å². The van der Waals surface area contributed by atoms with E-state index in [9.17, 15) is 4.79 Å². The van der Waals surface area contributed by atoms with E-state index in [1.165, 1.54) is 0 Å². The van der Waals surface area contributed by atoms with Gasteiger partial charge in [0.15, 0.2) is 5.71 Å². The van der Waals surface area contributed by atoms with Gasteiger partial charge in [-0.05, 0) is 23.1 Å². The number of amides is 1. The van der Waals surface area contributed by atoms with Crippen LogP contribution in [0.5, 0.6) is 0 Å². The third-order valence-electron chi connectivity index (χ3n) is 3.54. The molecule has 22 heavy (non-hydrogen) atoms. The minimum atomic E-state index is -0.147. The molecular formula is C16H19N5O. The van der Waals surface area contributed by atoms with E-state index in [1.54, 1.807) is 6.20 Å². The van der Waals surface area contributed by atoms with Crippen molar-refractivity contribution in [2.24, 2.45) is 11.0 Å². The zero-order chi connectivity index (χ0) is 15.5. The quantitative estimate of drug-likeness (QED) is 0.802. The van der Waals surface area contributed by atoms with E-state index < -0.39 is 0 Å². The number of aromatic amines is 1. The van der Waals surface area contributed by atoms with Crippen LogP contribution in [0.1, 0.15) is 25.0 Å². The van der Waals surface area contributed by atoms with E-state index in [0.29, 0.717) is 24.7 Å². The Balaban J connectivity index is 1.91. The van der Waals surface area contributed by atoms with Crippen molar-refractivity contribution >= 4 is 11.6 Å². The first-order valence-corrected chi connectivity index (χ1v) is 7.36. The summed E-state index contributed by atoms with van der Waals surface area (Å²) in [7, 11) is 0. The van der Waals surface area contributed by atoms with Crippen LogP contribution >= 0.6 is 0 Å². The highest BCUT2D eigenvalue weighted by Crippen LogP contribution is 2.23. The fraction of sp³-hybridized carbons (Fsp3) is 0.312. The van der Waals surface area contributed by atoms with E-state index in [2.05, 4.69) is 39.9 Å². The van der Waals surface area contributed by atoms with Crippen LogP contribution in [0, 0.1) is 5.92 Å². The Morgan fingerprint density at radius 1 is 1.36 bits per heavy atom. The second kappa shape index (κ2) is 6.01. The van der Waals surface area contributed by atoms with Crippen LogP contribution in [0.3, 0.4) is 0 Å². The lowest BCUT2D eigenvalue weighted by Crippen LogP contribution is -2.37. The molecule has 114 valence electrons. The molecule has 6 nitrogen and oxygen atoms in total. The van der Waals surface area contributed by atoms with E-state index in [-0.39, 0.29) is 5.91 Å². The van der Waals surface area contributed by atoms with Gasteiger partial charge >= 0.3 is 0 Å². The Morgan fingerprint density at radius 2 is 2.23 bits per heavy atom. The number of fused-ring (bicyclic) bond motifs is 1. The number of nitrogens with zero attached hydrogens (tertiary/aromatic N) is 2. The number of hydrogen-bond acceptors (Lipinski definition) is 4. The first kappa shape index (κ1) is 14.3. The van der Waals surface area contributed by atoms with Crippen molar-refractivity contribution in [2.45, 2.75) is 20.4 Å². The lowest BCUT2D eigenvalue weighted by Gasteiger charge is -2.18. The van der Waals surface area contributed by atoms with Crippen LogP contribution in [-0.4, -0.2) is 28.4 Å². The largest absolute Gasteiger partial charge is 0.350 e. The second-order valence-electron chi connectivity index (χ2n) is 5.76. The Labute approximate surface area is 129 Å². The van der Waals surface area contributed by atoms with Gasteiger partial charge in [-0.3, -0.25) is 9.89 Å². The van der Waals surface area contributed by atoms with Crippen LogP contribution in [0.2, 0.25) is 0 Å². The van der Waals surface area contributed by atoms with Gasteiger partial charge in [0.25, 0.3) is 5.91 Å². The number of rotatable bonds is 4. The SMILES string of the molecule is CC(C)CNC(=O)C1=NNCc2ccc(-c3cn[nH]c3)cc21. The highest BCUT2D eigenvalue weighted by molar-refractivity contribution is 6.45. The molecule has 3 N–H and O–H groups in total. The standard InChI is InChI=1S/C16H19N5O/c1-10(2)6-17-16(22)15-14-5-11(13-8-18-19-9-13)3-4-12(14)7-20-21-15/h3-5,8-10,20H,6-7H2,1-2H3,(H,17,22)(H,18,19). The summed E-state index contributed by atoms with van der Waals surface area (Å²) in [5.41, 5.74) is 7.30. The maximum Gasteiger partial charge on any atom is 0.272 e. The van der Waals surface area contributed by atoms with Crippen LogP contribution in [0.4, 0.5) is 0 Å². The van der Waals surface area contributed by atoms with Gasteiger partial charge in [-0.25, -0.2) is 0 Å². The summed E-state index contributed by atoms with van der Waals surface area (Å²) < 4.78 is 0. The predicted octanol–water partition coefficient (Wildman–Crippen LogP) is 1.66. The molecule has 1 aliphatic rings. The number of nitrogens with one attached hydrogen (secondary N) is 3. The maximum absolute atomic E-state index is 12.4. The average Bonchev–Trinajstić information content (AvgIpc) is 3.06. The van der Waals surface area contributed by atoms with Crippen molar-refractivity contribution in [1.29, 1.82) is 0 Å². The normalized spacial score (nSPS) is 13.3. The van der Waals surface area contributed by atoms with Crippen molar-refractivity contribution in [1.82, 2.24) is 20.9 Å². The second-order valence-corrected chi connectivity index (χ2v) is 5.76. The summed E-state index contributed by atoms with van der Waals surface area (Å²) in [6.45, 7) is 5.38. The van der Waals surface area contributed by atoms with Gasteiger partial charge in [-0.15, -0.1) is 0 Å². The number of benzene rings is 1. The summed E-state index contributed by atoms with van der Waals surface area (Å²) in [4.78, 5) is 12.4. The predicted molar refractivity (Wildman–Crippen MR) is 85.2 cm³/mol. The highest BCUT2D eigenvalue weighted by Gasteiger charge is 2.21. The topological polar surface area (TPSA) is 82.2 Å². The first-order valence-electron chi connectivity index (χ1n) is 7.36. The molecule has 0 aliphatic carbocycles. The van der Waals surface area contributed by atoms with E-state index in [1.807, 2.05) is 24.4 Å². The molecule has 1 aromatic heterocycles. The Hall–Kier alpha value is -2.63. The van der Waals surface area contributed by atoms with Crippen LogP contribution < -0.4 is 10.7 Å². The molecule has 0 saturated carbocycles. The van der Waals surface area contributed by atoms with Crippen molar-refractivity contribution in [3.05, 3.63) is 41.7 Å². The molecule has 0 atom stereocenters. The van der Waals surface area contributed by atoms with Gasteiger partial charge in [0, 0.05) is 23.9 Å². The van der Waals surface area contributed by atoms with Gasteiger partial charge in [-0.2, -0.15) is 10.2 Å². The monoisotopic (exact) mass is 297 g/mol. The van der Waals surface area contributed by atoms with Gasteiger partial charge < -0.3 is 10.7 Å². The summed E-state index contributed by atoms with van der Waals surface area (Å²) in [5, 5.41) is 13.9. The molecular weight excluding hydrogens is 278 g/mol. The van der Waals surface area contributed by atoms with Crippen LogP contribution in [-0.2, 0) is 11.3 Å². The summed E-state index contributed by atoms with van der Waals surface area (Å²) in [6, 6.07) is 6.05. The number of carbonyl (C=O) groups is 1. The minimum Gasteiger partial charge on any atom is -0.350 e. The van der Waals surface area contributed by atoms with Crippen LogP contribution in [0.15, 0.2) is 35.7 Å². The van der Waals surface area contributed by atoms with Gasteiger partial charge in [0.2, 0.25) is 0 Å². The molecule has 0 saturated heterocycles. The van der Waals surface area contributed by atoms with Gasteiger partial charge in [0.1, 0.15) is 0 Å².